The summed E-state index contributed by atoms with van der Waals surface area (Å²) in [5.41, 5.74) is 3.32. The van der Waals surface area contributed by atoms with Crippen molar-refractivity contribution in [2.45, 2.75) is 46.2 Å². The normalized spacial score (nSPS) is 15.5. The Balaban J connectivity index is 1.20. The SMILES string of the molecule is COc1ccc(-c2noc(CN3CCC(C(=O)NC(C)COc4ccc(C)c(C)c4)CC3)n2)cc1. The van der Waals surface area contributed by atoms with E-state index in [0.29, 0.717) is 24.9 Å². The third kappa shape index (κ3) is 6.60. The molecule has 8 heteroatoms. The van der Waals surface area contributed by atoms with E-state index < -0.39 is 0 Å². The first-order valence-corrected chi connectivity index (χ1v) is 12.1. The van der Waals surface area contributed by atoms with Crippen LogP contribution in [0.4, 0.5) is 0 Å². The number of hydrogen-bond acceptors (Lipinski definition) is 7. The predicted molar refractivity (Wildman–Crippen MR) is 133 cm³/mol. The Hall–Kier alpha value is -3.39. The highest BCUT2D eigenvalue weighted by molar-refractivity contribution is 5.79. The predicted octanol–water partition coefficient (Wildman–Crippen LogP) is 4.16. The molecule has 0 spiro atoms. The fourth-order valence-corrected chi connectivity index (χ4v) is 4.15. The first-order chi connectivity index (χ1) is 16.9. The lowest BCUT2D eigenvalue weighted by atomic mass is 9.95. The van der Waals surface area contributed by atoms with Crippen molar-refractivity contribution in [2.75, 3.05) is 26.8 Å². The molecule has 186 valence electrons. The van der Waals surface area contributed by atoms with Crippen LogP contribution in [0.15, 0.2) is 47.0 Å². The molecule has 1 fully saturated rings. The fourth-order valence-electron chi connectivity index (χ4n) is 4.15. The van der Waals surface area contributed by atoms with Crippen LogP contribution in [0.3, 0.4) is 0 Å². The average molecular weight is 479 g/mol. The fraction of sp³-hybridized carbons (Fsp3) is 0.444. The summed E-state index contributed by atoms with van der Waals surface area (Å²) in [5, 5.41) is 7.21. The Bertz CT molecular complexity index is 1120. The quantitative estimate of drug-likeness (QED) is 0.494. The monoisotopic (exact) mass is 478 g/mol. The van der Waals surface area contributed by atoms with Gasteiger partial charge in [-0.2, -0.15) is 4.98 Å². The smallest absolute Gasteiger partial charge is 0.241 e. The van der Waals surface area contributed by atoms with Crippen molar-refractivity contribution in [2.24, 2.45) is 5.92 Å². The largest absolute Gasteiger partial charge is 0.497 e. The Morgan fingerprint density at radius 3 is 2.51 bits per heavy atom. The number of nitrogens with one attached hydrogen (secondary N) is 1. The number of carbonyl (C=O) groups is 1. The van der Waals surface area contributed by atoms with Crippen LogP contribution in [0.25, 0.3) is 11.4 Å². The zero-order valence-corrected chi connectivity index (χ0v) is 20.9. The van der Waals surface area contributed by atoms with E-state index in [1.807, 2.05) is 43.3 Å². The molecule has 2 aromatic carbocycles. The van der Waals surface area contributed by atoms with Gasteiger partial charge < -0.3 is 19.3 Å². The third-order valence-electron chi connectivity index (χ3n) is 6.50. The molecule has 0 saturated carbocycles. The van der Waals surface area contributed by atoms with Crippen LogP contribution >= 0.6 is 0 Å². The second-order valence-corrected chi connectivity index (χ2v) is 9.26. The second-order valence-electron chi connectivity index (χ2n) is 9.26. The van der Waals surface area contributed by atoms with Crippen molar-refractivity contribution >= 4 is 5.91 Å². The van der Waals surface area contributed by atoms with Gasteiger partial charge in [0.15, 0.2) is 0 Å². The van der Waals surface area contributed by atoms with Gasteiger partial charge in [-0.1, -0.05) is 11.2 Å². The van der Waals surface area contributed by atoms with E-state index in [1.165, 1.54) is 11.1 Å². The number of likely N-dealkylation sites (tertiary alicyclic amines) is 1. The lowest BCUT2D eigenvalue weighted by Crippen LogP contribution is -2.44. The molecule has 0 aliphatic carbocycles. The van der Waals surface area contributed by atoms with E-state index in [2.05, 4.69) is 40.3 Å². The zero-order chi connectivity index (χ0) is 24.8. The molecule has 1 atom stereocenters. The zero-order valence-electron chi connectivity index (χ0n) is 20.9. The van der Waals surface area contributed by atoms with Crippen LogP contribution in [0.2, 0.25) is 0 Å². The number of benzene rings is 2. The van der Waals surface area contributed by atoms with Crippen molar-refractivity contribution in [3.8, 4) is 22.9 Å². The molecule has 1 amide bonds. The summed E-state index contributed by atoms with van der Waals surface area (Å²) >= 11 is 0. The molecule has 1 aliphatic rings. The van der Waals surface area contributed by atoms with Crippen LogP contribution in [-0.4, -0.2) is 53.8 Å². The van der Waals surface area contributed by atoms with Gasteiger partial charge in [0.1, 0.15) is 18.1 Å². The number of piperidine rings is 1. The Morgan fingerprint density at radius 2 is 1.83 bits per heavy atom. The van der Waals surface area contributed by atoms with Gasteiger partial charge in [0, 0.05) is 11.5 Å². The van der Waals surface area contributed by atoms with Gasteiger partial charge in [0.25, 0.3) is 0 Å². The van der Waals surface area contributed by atoms with Crippen molar-refractivity contribution < 1.29 is 18.8 Å². The molecule has 2 heterocycles. The number of aryl methyl sites for hydroxylation is 2. The second kappa shape index (κ2) is 11.4. The minimum Gasteiger partial charge on any atom is -0.497 e. The molecule has 0 radical (unpaired) electrons. The summed E-state index contributed by atoms with van der Waals surface area (Å²) in [6.07, 6.45) is 1.60. The number of amides is 1. The summed E-state index contributed by atoms with van der Waals surface area (Å²) in [4.78, 5) is 19.5. The van der Waals surface area contributed by atoms with Crippen LogP contribution < -0.4 is 14.8 Å². The lowest BCUT2D eigenvalue weighted by Gasteiger charge is -2.30. The van der Waals surface area contributed by atoms with Crippen molar-refractivity contribution in [3.63, 3.8) is 0 Å². The summed E-state index contributed by atoms with van der Waals surface area (Å²) in [7, 11) is 1.64. The van der Waals surface area contributed by atoms with Crippen LogP contribution in [0, 0.1) is 19.8 Å². The van der Waals surface area contributed by atoms with Crippen LogP contribution in [-0.2, 0) is 11.3 Å². The molecule has 1 unspecified atom stereocenters. The number of ether oxygens (including phenoxy) is 2. The van der Waals surface area contributed by atoms with Gasteiger partial charge in [-0.25, -0.2) is 0 Å². The average Bonchev–Trinajstić information content (AvgIpc) is 3.33. The lowest BCUT2D eigenvalue weighted by molar-refractivity contribution is -0.127. The van der Waals surface area contributed by atoms with Gasteiger partial charge >= 0.3 is 0 Å². The summed E-state index contributed by atoms with van der Waals surface area (Å²) in [5.74, 6) is 2.87. The number of rotatable bonds is 9. The Morgan fingerprint density at radius 1 is 1.11 bits per heavy atom. The standard InChI is InChI=1S/C27H34N4O4/c1-18-5-8-24(15-19(18)2)34-17-20(3)28-27(32)22-11-13-31(14-12-22)16-25-29-26(30-35-25)21-6-9-23(33-4)10-7-21/h5-10,15,20,22H,11-14,16-17H2,1-4H3,(H,28,32). The van der Waals surface area contributed by atoms with Crippen molar-refractivity contribution in [1.82, 2.24) is 20.4 Å². The number of methoxy groups -OCH3 is 1. The maximum Gasteiger partial charge on any atom is 0.241 e. The molecule has 8 nitrogen and oxygen atoms in total. The van der Waals surface area contributed by atoms with Gasteiger partial charge in [-0.15, -0.1) is 0 Å². The highest BCUT2D eigenvalue weighted by atomic mass is 16.5. The molecule has 1 aromatic heterocycles. The van der Waals surface area contributed by atoms with Gasteiger partial charge in [0.05, 0.1) is 19.7 Å². The molecule has 35 heavy (non-hydrogen) atoms. The number of carbonyl (C=O) groups excluding carboxylic acids is 1. The minimum absolute atomic E-state index is 0.00728. The molecule has 3 aromatic rings. The molecule has 1 N–H and O–H groups in total. The minimum atomic E-state index is -0.0584. The van der Waals surface area contributed by atoms with Crippen LogP contribution in [0.5, 0.6) is 11.5 Å². The maximum absolute atomic E-state index is 12.8. The Kier molecular flexibility index (Phi) is 8.02. The summed E-state index contributed by atoms with van der Waals surface area (Å²) in [6.45, 7) is 8.77. The van der Waals surface area contributed by atoms with E-state index in [-0.39, 0.29) is 17.9 Å². The van der Waals surface area contributed by atoms with Crippen molar-refractivity contribution in [1.29, 1.82) is 0 Å². The highest BCUT2D eigenvalue weighted by Gasteiger charge is 2.27. The Labute approximate surface area is 206 Å². The van der Waals surface area contributed by atoms with E-state index in [0.717, 1.165) is 43.0 Å². The molecule has 1 saturated heterocycles. The van der Waals surface area contributed by atoms with E-state index in [9.17, 15) is 4.79 Å². The van der Waals surface area contributed by atoms with E-state index in [1.54, 1.807) is 7.11 Å². The van der Waals surface area contributed by atoms with Gasteiger partial charge in [0.2, 0.25) is 17.6 Å². The van der Waals surface area contributed by atoms with E-state index in [4.69, 9.17) is 14.0 Å². The van der Waals surface area contributed by atoms with E-state index >= 15 is 0 Å². The van der Waals surface area contributed by atoms with Gasteiger partial charge in [-0.05, 0) is 94.2 Å². The molecule has 0 bridgehead atoms. The molecular weight excluding hydrogens is 444 g/mol. The maximum atomic E-state index is 12.8. The van der Waals surface area contributed by atoms with Gasteiger partial charge in [-0.3, -0.25) is 9.69 Å². The summed E-state index contributed by atoms with van der Waals surface area (Å²) < 4.78 is 16.5. The number of nitrogens with zero attached hydrogens (tertiary/aromatic N) is 3. The molecule has 4 rings (SSSR count). The number of hydrogen-bond donors (Lipinski definition) is 1. The highest BCUT2D eigenvalue weighted by Crippen LogP contribution is 2.22. The van der Waals surface area contributed by atoms with Crippen LogP contribution in [0.1, 0.15) is 36.8 Å². The third-order valence-corrected chi connectivity index (χ3v) is 6.50. The molecular formula is C27H34N4O4. The summed E-state index contributed by atoms with van der Waals surface area (Å²) in [6, 6.07) is 13.6. The topological polar surface area (TPSA) is 89.7 Å². The first-order valence-electron chi connectivity index (χ1n) is 12.1. The van der Waals surface area contributed by atoms with Crippen molar-refractivity contribution in [3.05, 3.63) is 59.5 Å². The first kappa shape index (κ1) is 24.7. The number of aromatic nitrogens is 2. The molecule has 1 aliphatic heterocycles.